The van der Waals surface area contributed by atoms with Crippen LogP contribution < -0.4 is 4.74 Å². The van der Waals surface area contributed by atoms with Crippen LogP contribution in [0.4, 0.5) is 0 Å². The van der Waals surface area contributed by atoms with Gasteiger partial charge < -0.3 is 14.4 Å². The summed E-state index contributed by atoms with van der Waals surface area (Å²) in [7, 11) is 0. The summed E-state index contributed by atoms with van der Waals surface area (Å²) in [5.41, 5.74) is 0. The van der Waals surface area contributed by atoms with Gasteiger partial charge in [0.25, 0.3) is 0 Å². The fourth-order valence-electron chi connectivity index (χ4n) is 2.14. The molecule has 0 amide bonds. The Labute approximate surface area is 138 Å². The number of hydrogen-bond acceptors (Lipinski definition) is 5. The quantitative estimate of drug-likeness (QED) is 0.590. The third-order valence-electron chi connectivity index (χ3n) is 3.37. The molecule has 0 bridgehead atoms. The smallest absolute Gasteiger partial charge is 0.191 e. The van der Waals surface area contributed by atoms with Crippen molar-refractivity contribution in [2.24, 2.45) is 0 Å². The molecule has 7 heteroatoms. The summed E-state index contributed by atoms with van der Waals surface area (Å²) >= 11 is 7.73. The predicted octanol–water partition coefficient (Wildman–Crippen LogP) is 3.32. The molecule has 1 aromatic heterocycles. The van der Waals surface area contributed by atoms with Crippen molar-refractivity contribution in [2.45, 2.75) is 37.1 Å². The zero-order chi connectivity index (χ0) is 15.4. The van der Waals surface area contributed by atoms with Gasteiger partial charge >= 0.3 is 0 Å². The minimum atomic E-state index is 0.201. The predicted molar refractivity (Wildman–Crippen MR) is 86.5 cm³/mol. The second kappa shape index (κ2) is 7.35. The Bertz CT molecular complexity index is 631. The molecule has 1 N–H and O–H groups in total. The highest BCUT2D eigenvalue weighted by molar-refractivity contribution is 7.99. The number of para-hydroxylation sites is 1. The lowest BCUT2D eigenvalue weighted by molar-refractivity contribution is 0.287. The number of thioether (sulfide) groups is 1. The first-order valence-electron chi connectivity index (χ1n) is 7.34. The lowest BCUT2D eigenvalue weighted by Crippen LogP contribution is -2.07. The van der Waals surface area contributed by atoms with Gasteiger partial charge in [0, 0.05) is 18.4 Å². The summed E-state index contributed by atoms with van der Waals surface area (Å²) in [4.78, 5) is 0. The molecule has 0 saturated heterocycles. The third kappa shape index (κ3) is 3.74. The van der Waals surface area contributed by atoms with E-state index in [4.69, 9.17) is 21.4 Å². The van der Waals surface area contributed by atoms with Crippen molar-refractivity contribution in [1.82, 2.24) is 14.8 Å². The molecule has 1 aliphatic carbocycles. The van der Waals surface area contributed by atoms with Crippen molar-refractivity contribution < 1.29 is 9.84 Å². The largest absolute Gasteiger partial charge is 0.484 e. The number of aliphatic hydroxyl groups excluding tert-OH is 1. The topological polar surface area (TPSA) is 60.2 Å². The van der Waals surface area contributed by atoms with E-state index in [1.54, 1.807) is 17.8 Å². The van der Waals surface area contributed by atoms with Crippen molar-refractivity contribution >= 4 is 23.4 Å². The minimum absolute atomic E-state index is 0.201. The average Bonchev–Trinajstić information content (AvgIpc) is 3.28. The van der Waals surface area contributed by atoms with Crippen molar-refractivity contribution in [1.29, 1.82) is 0 Å². The number of halogens is 1. The van der Waals surface area contributed by atoms with Crippen LogP contribution in [-0.2, 0) is 6.61 Å². The SMILES string of the molecule is OCCCSc1nnc(COc2ccccc2Cl)n1C1CC1. The molecule has 1 fully saturated rings. The monoisotopic (exact) mass is 339 g/mol. The zero-order valence-electron chi connectivity index (χ0n) is 12.1. The molecule has 0 spiro atoms. The van der Waals surface area contributed by atoms with Gasteiger partial charge in [0.15, 0.2) is 11.0 Å². The molecule has 118 valence electrons. The summed E-state index contributed by atoms with van der Waals surface area (Å²) in [6, 6.07) is 7.90. The Hall–Kier alpha value is -1.24. The molecule has 0 radical (unpaired) electrons. The van der Waals surface area contributed by atoms with Crippen LogP contribution in [0, 0.1) is 0 Å². The van der Waals surface area contributed by atoms with E-state index in [-0.39, 0.29) is 6.61 Å². The number of nitrogens with zero attached hydrogens (tertiary/aromatic N) is 3. The molecule has 1 aromatic carbocycles. The highest BCUT2D eigenvalue weighted by atomic mass is 35.5. The molecule has 0 aliphatic heterocycles. The van der Waals surface area contributed by atoms with Gasteiger partial charge in [-0.05, 0) is 31.4 Å². The van der Waals surface area contributed by atoms with Crippen LogP contribution in [0.5, 0.6) is 5.75 Å². The Morgan fingerprint density at radius 1 is 1.32 bits per heavy atom. The molecule has 2 aromatic rings. The van der Waals surface area contributed by atoms with Gasteiger partial charge in [-0.3, -0.25) is 0 Å². The van der Waals surface area contributed by atoms with Crippen LogP contribution in [0.2, 0.25) is 5.02 Å². The molecule has 22 heavy (non-hydrogen) atoms. The fraction of sp³-hybridized carbons (Fsp3) is 0.467. The summed E-state index contributed by atoms with van der Waals surface area (Å²) in [5.74, 6) is 2.32. The average molecular weight is 340 g/mol. The van der Waals surface area contributed by atoms with Gasteiger partial charge in [0.2, 0.25) is 0 Å². The van der Waals surface area contributed by atoms with Crippen LogP contribution >= 0.6 is 23.4 Å². The van der Waals surface area contributed by atoms with Gasteiger partial charge in [-0.2, -0.15) is 0 Å². The summed E-state index contributed by atoms with van der Waals surface area (Å²) in [6.45, 7) is 0.556. The Balaban J connectivity index is 1.69. The van der Waals surface area contributed by atoms with E-state index in [0.717, 1.165) is 36.0 Å². The number of benzene rings is 1. The van der Waals surface area contributed by atoms with Crippen molar-refractivity contribution in [3.05, 3.63) is 35.1 Å². The number of aliphatic hydroxyl groups is 1. The summed E-state index contributed by atoms with van der Waals surface area (Å²) in [6.07, 6.45) is 3.07. The number of ether oxygens (including phenoxy) is 1. The maximum Gasteiger partial charge on any atom is 0.191 e. The Morgan fingerprint density at radius 2 is 2.14 bits per heavy atom. The molecule has 0 atom stereocenters. The summed E-state index contributed by atoms with van der Waals surface area (Å²) in [5, 5.41) is 18.9. The van der Waals surface area contributed by atoms with E-state index in [0.29, 0.717) is 23.4 Å². The highest BCUT2D eigenvalue weighted by Crippen LogP contribution is 2.39. The molecule has 1 saturated carbocycles. The van der Waals surface area contributed by atoms with E-state index in [9.17, 15) is 0 Å². The Morgan fingerprint density at radius 3 is 2.86 bits per heavy atom. The van der Waals surface area contributed by atoms with Crippen molar-refractivity contribution in [2.75, 3.05) is 12.4 Å². The highest BCUT2D eigenvalue weighted by Gasteiger charge is 2.29. The van der Waals surface area contributed by atoms with Crippen molar-refractivity contribution in [3.63, 3.8) is 0 Å². The second-order valence-corrected chi connectivity index (χ2v) is 6.61. The van der Waals surface area contributed by atoms with Gasteiger partial charge in [0.1, 0.15) is 12.4 Å². The molecular formula is C15H18ClN3O2S. The van der Waals surface area contributed by atoms with Crippen molar-refractivity contribution in [3.8, 4) is 5.75 Å². The lowest BCUT2D eigenvalue weighted by Gasteiger charge is -2.10. The van der Waals surface area contributed by atoms with E-state index in [1.165, 1.54) is 0 Å². The van der Waals surface area contributed by atoms with Crippen LogP contribution in [-0.4, -0.2) is 32.2 Å². The number of rotatable bonds is 8. The van der Waals surface area contributed by atoms with Crippen LogP contribution in [0.25, 0.3) is 0 Å². The lowest BCUT2D eigenvalue weighted by atomic mass is 10.3. The standard InChI is InChI=1S/C15H18ClN3O2S/c16-12-4-1-2-5-13(12)21-10-14-17-18-15(22-9-3-8-20)19(14)11-6-7-11/h1-2,4-5,11,20H,3,6-10H2. The Kier molecular flexibility index (Phi) is 5.23. The summed E-state index contributed by atoms with van der Waals surface area (Å²) < 4.78 is 7.94. The first-order valence-corrected chi connectivity index (χ1v) is 8.70. The van der Waals surface area contributed by atoms with Gasteiger partial charge in [-0.1, -0.05) is 35.5 Å². The van der Waals surface area contributed by atoms with Crippen LogP contribution in [0.1, 0.15) is 31.1 Å². The van der Waals surface area contributed by atoms with Gasteiger partial charge in [-0.15, -0.1) is 10.2 Å². The van der Waals surface area contributed by atoms with E-state index >= 15 is 0 Å². The third-order valence-corrected chi connectivity index (χ3v) is 4.72. The first kappa shape index (κ1) is 15.6. The minimum Gasteiger partial charge on any atom is -0.484 e. The number of hydrogen-bond donors (Lipinski definition) is 1. The maximum atomic E-state index is 8.89. The second-order valence-electron chi connectivity index (χ2n) is 5.14. The normalized spacial score (nSPS) is 14.3. The molecule has 1 aliphatic rings. The first-order chi connectivity index (χ1) is 10.8. The van der Waals surface area contributed by atoms with Gasteiger partial charge in [0.05, 0.1) is 5.02 Å². The molecule has 5 nitrogen and oxygen atoms in total. The maximum absolute atomic E-state index is 8.89. The van der Waals surface area contributed by atoms with Gasteiger partial charge in [-0.25, -0.2) is 0 Å². The zero-order valence-corrected chi connectivity index (χ0v) is 13.7. The van der Waals surface area contributed by atoms with E-state index in [2.05, 4.69) is 14.8 Å². The molecule has 0 unspecified atom stereocenters. The fourth-order valence-corrected chi connectivity index (χ4v) is 3.27. The molecular weight excluding hydrogens is 322 g/mol. The molecule has 1 heterocycles. The van der Waals surface area contributed by atoms with Crippen LogP contribution in [0.15, 0.2) is 29.4 Å². The van der Waals surface area contributed by atoms with E-state index < -0.39 is 0 Å². The molecule has 3 rings (SSSR count). The van der Waals surface area contributed by atoms with E-state index in [1.807, 2.05) is 18.2 Å². The number of aromatic nitrogens is 3. The van der Waals surface area contributed by atoms with Crippen LogP contribution in [0.3, 0.4) is 0 Å².